The number of anilines is 2. The summed E-state index contributed by atoms with van der Waals surface area (Å²) in [6, 6.07) is 7.11. The number of para-hydroxylation sites is 1. The van der Waals surface area contributed by atoms with Crippen LogP contribution in [-0.2, 0) is 32.6 Å². The third kappa shape index (κ3) is 7.46. The number of hydrogen-bond donors (Lipinski definition) is 2. The standard InChI is InChI=1S/C44H54N12O6/c1-50-37-29(5-2-7-34(37)56(43(50)61)35-12-13-36(57)48-41(35)59)6-3-17-51-27-44(28-51)14-19-53(20-15-44)42(60)30-8-10-31(11-9-30)55-26-33(39(49-55)52-21-23-62-24-22-52)47-40(58)32-25-46-54-18-4-16-45-38(32)54/h2,4-5,7,16,18,25-26,30-31,35H,3,6,8-15,17,19-24,27-28H2,1H3,(H,47,58)(H,48,57,59)/t30-,31-,35?. The van der Waals surface area contributed by atoms with E-state index in [1.165, 1.54) is 6.20 Å². The van der Waals surface area contributed by atoms with Crippen LogP contribution in [0.15, 0.2) is 53.8 Å². The Kier molecular flexibility index (Phi) is 10.7. The van der Waals surface area contributed by atoms with Gasteiger partial charge in [0, 0.05) is 71.0 Å². The van der Waals surface area contributed by atoms with Gasteiger partial charge in [-0.15, -0.1) is 0 Å². The highest BCUT2D eigenvalue weighted by atomic mass is 16.5. The van der Waals surface area contributed by atoms with Gasteiger partial charge in [0.2, 0.25) is 17.7 Å². The fourth-order valence-corrected chi connectivity index (χ4v) is 10.7. The maximum absolute atomic E-state index is 13.9. The Balaban J connectivity index is 0.703. The first-order valence-electron chi connectivity index (χ1n) is 22.2. The molecule has 2 N–H and O–H groups in total. The summed E-state index contributed by atoms with van der Waals surface area (Å²) in [5.74, 6) is 0.0169. The predicted octanol–water partition coefficient (Wildman–Crippen LogP) is 2.93. The summed E-state index contributed by atoms with van der Waals surface area (Å²) in [4.78, 5) is 76.3. The Morgan fingerprint density at radius 3 is 2.55 bits per heavy atom. The average molecular weight is 847 g/mol. The van der Waals surface area contributed by atoms with Crippen molar-refractivity contribution in [2.45, 2.75) is 76.3 Å². The van der Waals surface area contributed by atoms with E-state index in [4.69, 9.17) is 9.84 Å². The van der Waals surface area contributed by atoms with Crippen LogP contribution in [0.2, 0.25) is 0 Å². The summed E-state index contributed by atoms with van der Waals surface area (Å²) in [7, 11) is 1.75. The molecule has 1 atom stereocenters. The normalized spacial score (nSPS) is 23.2. The zero-order valence-electron chi connectivity index (χ0n) is 35.2. The smallest absolute Gasteiger partial charge is 0.329 e. The Morgan fingerprint density at radius 2 is 1.77 bits per heavy atom. The molecule has 5 fully saturated rings. The van der Waals surface area contributed by atoms with E-state index in [9.17, 15) is 24.0 Å². The van der Waals surface area contributed by atoms with Crippen LogP contribution in [0.3, 0.4) is 0 Å². The number of imidazole rings is 1. The minimum absolute atomic E-state index is 0.0136. The molecule has 1 saturated carbocycles. The van der Waals surface area contributed by atoms with Gasteiger partial charge in [-0.25, -0.2) is 14.3 Å². The van der Waals surface area contributed by atoms with Gasteiger partial charge >= 0.3 is 5.69 Å². The van der Waals surface area contributed by atoms with Gasteiger partial charge in [0.05, 0.1) is 42.7 Å². The van der Waals surface area contributed by atoms with E-state index < -0.39 is 11.9 Å². The zero-order chi connectivity index (χ0) is 42.5. The molecule has 1 aliphatic carbocycles. The molecule has 0 radical (unpaired) electrons. The van der Waals surface area contributed by atoms with Crippen molar-refractivity contribution in [2.75, 3.05) is 69.2 Å². The Morgan fingerprint density at radius 1 is 0.984 bits per heavy atom. The summed E-state index contributed by atoms with van der Waals surface area (Å²) >= 11 is 0. The number of carbonyl (C=O) groups is 4. The molecular formula is C44H54N12O6. The molecule has 5 aromatic rings. The molecule has 1 unspecified atom stereocenters. The van der Waals surface area contributed by atoms with Crippen molar-refractivity contribution in [3.05, 3.63) is 70.7 Å². The van der Waals surface area contributed by atoms with E-state index in [0.717, 1.165) is 107 Å². The number of aryl methyl sites for hydroxylation is 2. The van der Waals surface area contributed by atoms with Gasteiger partial charge in [0.15, 0.2) is 11.5 Å². The second kappa shape index (κ2) is 16.4. The average Bonchev–Trinajstić information content (AvgIpc) is 3.98. The van der Waals surface area contributed by atoms with E-state index in [0.29, 0.717) is 49.6 Å². The van der Waals surface area contributed by atoms with Crippen LogP contribution in [0, 0.1) is 11.3 Å². The molecular weight excluding hydrogens is 793 g/mol. The molecule has 326 valence electrons. The minimum Gasteiger partial charge on any atom is -0.378 e. The van der Waals surface area contributed by atoms with Gasteiger partial charge in [-0.05, 0) is 87.4 Å². The molecule has 8 heterocycles. The number of imide groups is 1. The molecule has 18 nitrogen and oxygen atoms in total. The Labute approximate surface area is 358 Å². The zero-order valence-corrected chi connectivity index (χ0v) is 35.2. The van der Waals surface area contributed by atoms with Crippen molar-refractivity contribution in [3.63, 3.8) is 0 Å². The molecule has 10 rings (SSSR count). The van der Waals surface area contributed by atoms with Crippen LogP contribution >= 0.6 is 0 Å². The molecule has 1 aromatic carbocycles. The van der Waals surface area contributed by atoms with Gasteiger partial charge in [-0.1, -0.05) is 12.1 Å². The lowest BCUT2D eigenvalue weighted by molar-refractivity contribution is -0.142. The maximum atomic E-state index is 13.9. The molecule has 4 aliphatic heterocycles. The molecule has 4 saturated heterocycles. The van der Waals surface area contributed by atoms with Crippen molar-refractivity contribution >= 4 is 51.8 Å². The van der Waals surface area contributed by atoms with Gasteiger partial charge in [-0.2, -0.15) is 10.2 Å². The summed E-state index contributed by atoms with van der Waals surface area (Å²) in [5.41, 5.74) is 4.21. The number of hydrogen-bond acceptors (Lipinski definition) is 11. The quantitative estimate of drug-likeness (QED) is 0.197. The van der Waals surface area contributed by atoms with Crippen LogP contribution in [-0.4, -0.2) is 126 Å². The molecule has 1 spiro atoms. The summed E-state index contributed by atoms with van der Waals surface area (Å²) < 4.78 is 12.4. The number of likely N-dealkylation sites (tertiary alicyclic amines) is 2. The van der Waals surface area contributed by atoms with E-state index in [-0.39, 0.29) is 47.2 Å². The van der Waals surface area contributed by atoms with E-state index in [1.807, 2.05) is 23.0 Å². The van der Waals surface area contributed by atoms with Crippen molar-refractivity contribution in [1.29, 1.82) is 0 Å². The summed E-state index contributed by atoms with van der Waals surface area (Å²) in [5, 5.41) is 14.8. The third-order valence-corrected chi connectivity index (χ3v) is 14.1. The highest BCUT2D eigenvalue weighted by Crippen LogP contribution is 2.42. The SMILES string of the molecule is Cn1c(=O)n(C2CCC(=O)NC2=O)c2cccc(CCCN3CC4(CCN(C(=O)[C@H]5CC[C@H](n6cc(NC(=O)c7cnn8cccnc78)c(N7CCOCC7)n6)CC5)CC4)C3)c21. The molecule has 5 aliphatic rings. The van der Waals surface area contributed by atoms with Crippen LogP contribution in [0.1, 0.15) is 85.8 Å². The third-order valence-electron chi connectivity index (χ3n) is 14.1. The largest absolute Gasteiger partial charge is 0.378 e. The highest BCUT2D eigenvalue weighted by Gasteiger charge is 2.46. The Hall–Kier alpha value is -5.88. The van der Waals surface area contributed by atoms with Crippen molar-refractivity contribution in [2.24, 2.45) is 18.4 Å². The van der Waals surface area contributed by atoms with Crippen molar-refractivity contribution in [3.8, 4) is 0 Å². The number of morpholine rings is 1. The minimum atomic E-state index is -0.692. The molecule has 4 aromatic heterocycles. The number of benzene rings is 1. The highest BCUT2D eigenvalue weighted by molar-refractivity contribution is 6.09. The van der Waals surface area contributed by atoms with Crippen LogP contribution in [0.5, 0.6) is 0 Å². The molecule has 18 heteroatoms. The predicted molar refractivity (Wildman–Crippen MR) is 229 cm³/mol. The number of piperidine rings is 2. The van der Waals surface area contributed by atoms with Crippen molar-refractivity contribution < 1.29 is 23.9 Å². The fraction of sp³-hybridized carbons (Fsp3) is 0.545. The maximum Gasteiger partial charge on any atom is 0.329 e. The topological polar surface area (TPSA) is 186 Å². The van der Waals surface area contributed by atoms with E-state index >= 15 is 0 Å². The van der Waals surface area contributed by atoms with Crippen molar-refractivity contribution in [1.82, 2.24) is 48.6 Å². The van der Waals surface area contributed by atoms with Crippen LogP contribution in [0.4, 0.5) is 11.5 Å². The van der Waals surface area contributed by atoms with Gasteiger partial charge in [0.25, 0.3) is 5.91 Å². The van der Waals surface area contributed by atoms with Crippen LogP contribution in [0.25, 0.3) is 16.7 Å². The first kappa shape index (κ1) is 40.2. The second-order valence-corrected chi connectivity index (χ2v) is 18.0. The molecule has 0 bridgehead atoms. The summed E-state index contributed by atoms with van der Waals surface area (Å²) in [6.45, 7) is 7.22. The number of fused-ring (bicyclic) bond motifs is 2. The number of nitrogens with zero attached hydrogens (tertiary/aromatic N) is 10. The number of carbonyl (C=O) groups excluding carboxylic acids is 4. The van der Waals surface area contributed by atoms with Gasteiger partial charge in [-0.3, -0.25) is 38.3 Å². The van der Waals surface area contributed by atoms with Crippen LogP contribution < -0.4 is 21.2 Å². The number of aromatic nitrogens is 7. The summed E-state index contributed by atoms with van der Waals surface area (Å²) in [6.07, 6.45) is 14.5. The fourth-order valence-electron chi connectivity index (χ4n) is 10.7. The number of rotatable bonds is 10. The monoisotopic (exact) mass is 846 g/mol. The first-order valence-corrected chi connectivity index (χ1v) is 22.2. The number of amides is 4. The lowest BCUT2D eigenvalue weighted by atomic mass is 9.71. The van der Waals surface area contributed by atoms with E-state index in [2.05, 4.69) is 41.5 Å². The lowest BCUT2D eigenvalue weighted by Crippen LogP contribution is -2.61. The van der Waals surface area contributed by atoms with E-state index in [1.54, 1.807) is 39.2 Å². The number of ether oxygens (including phenoxy) is 1. The van der Waals surface area contributed by atoms with Gasteiger partial charge in [0.1, 0.15) is 17.3 Å². The Bertz CT molecular complexity index is 2580. The number of nitrogens with one attached hydrogen (secondary N) is 2. The lowest BCUT2D eigenvalue weighted by Gasteiger charge is -2.54. The second-order valence-electron chi connectivity index (χ2n) is 18.0. The molecule has 62 heavy (non-hydrogen) atoms. The van der Waals surface area contributed by atoms with Gasteiger partial charge < -0.3 is 24.8 Å². The first-order chi connectivity index (χ1) is 30.1. The molecule has 4 amide bonds.